The molecule has 12 atom stereocenters. The predicted molar refractivity (Wildman–Crippen MR) is 295 cm³/mol. The number of aliphatic hydroxyl groups excluding tert-OH is 8. The zero-order chi connectivity index (χ0) is 53.9. The molecule has 2 aliphatic rings. The Balaban J connectivity index is 1.73. The van der Waals surface area contributed by atoms with E-state index in [-0.39, 0.29) is 18.9 Å². The molecule has 0 aromatic rings. The van der Waals surface area contributed by atoms with Gasteiger partial charge in [0.1, 0.15) is 48.8 Å². The molecule has 2 heterocycles. The number of rotatable bonds is 43. The Hall–Kier alpha value is -3.09. The molecule has 12 unspecified atom stereocenters. The Morgan fingerprint density at radius 3 is 1.43 bits per heavy atom. The number of allylic oxidation sites excluding steroid dienone is 16. The van der Waals surface area contributed by atoms with Crippen molar-refractivity contribution >= 4 is 5.91 Å². The number of hydrogen-bond acceptors (Lipinski definition) is 13. The molecule has 424 valence electrons. The molecule has 0 aromatic carbocycles. The van der Waals surface area contributed by atoms with Crippen LogP contribution in [0.3, 0.4) is 0 Å². The molecule has 0 bridgehead atoms. The van der Waals surface area contributed by atoms with Crippen LogP contribution in [0.5, 0.6) is 0 Å². The lowest BCUT2D eigenvalue weighted by Gasteiger charge is -2.46. The van der Waals surface area contributed by atoms with Gasteiger partial charge in [-0.25, -0.2) is 0 Å². The monoisotopic (exact) mass is 1040 g/mol. The van der Waals surface area contributed by atoms with E-state index in [9.17, 15) is 45.6 Å². The van der Waals surface area contributed by atoms with Gasteiger partial charge in [-0.15, -0.1) is 0 Å². The number of carbonyl (C=O) groups is 1. The highest BCUT2D eigenvalue weighted by molar-refractivity contribution is 5.76. The summed E-state index contributed by atoms with van der Waals surface area (Å²) >= 11 is 0. The molecule has 74 heavy (non-hydrogen) atoms. The number of ether oxygens (including phenoxy) is 4. The maximum absolute atomic E-state index is 13.2. The van der Waals surface area contributed by atoms with Crippen LogP contribution in [0.25, 0.3) is 0 Å². The van der Waals surface area contributed by atoms with Crippen LogP contribution in [0.1, 0.15) is 181 Å². The molecule has 9 N–H and O–H groups in total. The zero-order valence-electron chi connectivity index (χ0n) is 45.3. The minimum Gasteiger partial charge on any atom is -0.394 e. The fourth-order valence-electron chi connectivity index (χ4n) is 8.72. The van der Waals surface area contributed by atoms with Crippen LogP contribution in [-0.2, 0) is 23.7 Å². The molecular formula is C60H101NO13. The Morgan fingerprint density at radius 2 is 0.932 bits per heavy atom. The Kier molecular flexibility index (Phi) is 40.7. The SMILES string of the molecule is CC/C=C\C/C=C\C/C=C\C/C=C\C/C=C\C/C=C\C/C=C\C/C=C\CCCCCCC(=O)NC(COC1OC(CO)C(OC2OC(CO)C(O)C(O)C2O)C(O)C1O)C(O)CCCCCCCCCCCCC. The fourth-order valence-corrected chi connectivity index (χ4v) is 8.72. The quantitative estimate of drug-likeness (QED) is 0.0205. The van der Waals surface area contributed by atoms with Crippen LogP contribution in [0, 0.1) is 0 Å². The minimum atomic E-state index is -1.79. The van der Waals surface area contributed by atoms with Crippen molar-refractivity contribution in [2.75, 3.05) is 19.8 Å². The van der Waals surface area contributed by atoms with Gasteiger partial charge in [-0.3, -0.25) is 4.79 Å². The molecule has 2 rings (SSSR count). The summed E-state index contributed by atoms with van der Waals surface area (Å²) in [6, 6.07) is -0.848. The molecule has 2 fully saturated rings. The molecule has 0 aliphatic carbocycles. The molecule has 2 aliphatic heterocycles. The topological polar surface area (TPSA) is 228 Å². The van der Waals surface area contributed by atoms with E-state index in [0.29, 0.717) is 12.8 Å². The van der Waals surface area contributed by atoms with Crippen molar-refractivity contribution in [3.05, 3.63) is 97.2 Å². The van der Waals surface area contributed by atoms with Crippen molar-refractivity contribution in [3.8, 4) is 0 Å². The van der Waals surface area contributed by atoms with Crippen molar-refractivity contribution in [3.63, 3.8) is 0 Å². The average molecular weight is 1040 g/mol. The van der Waals surface area contributed by atoms with Crippen LogP contribution >= 0.6 is 0 Å². The van der Waals surface area contributed by atoms with Crippen LogP contribution in [0.15, 0.2) is 97.2 Å². The third kappa shape index (κ3) is 30.6. The maximum atomic E-state index is 13.2. The summed E-state index contributed by atoms with van der Waals surface area (Å²) in [7, 11) is 0. The number of amides is 1. The third-order valence-corrected chi connectivity index (χ3v) is 13.3. The van der Waals surface area contributed by atoms with Crippen LogP contribution in [0.2, 0.25) is 0 Å². The highest BCUT2D eigenvalue weighted by Crippen LogP contribution is 2.30. The van der Waals surface area contributed by atoms with Gasteiger partial charge in [0.05, 0.1) is 32.0 Å². The second-order valence-corrected chi connectivity index (χ2v) is 19.7. The van der Waals surface area contributed by atoms with E-state index in [0.717, 1.165) is 103 Å². The molecule has 1 amide bonds. The van der Waals surface area contributed by atoms with E-state index < -0.39 is 86.8 Å². The highest BCUT2D eigenvalue weighted by Gasteiger charge is 2.51. The second-order valence-electron chi connectivity index (χ2n) is 19.7. The lowest BCUT2D eigenvalue weighted by atomic mass is 9.97. The van der Waals surface area contributed by atoms with Gasteiger partial charge in [-0.05, 0) is 77.0 Å². The van der Waals surface area contributed by atoms with Gasteiger partial charge in [0, 0.05) is 6.42 Å². The maximum Gasteiger partial charge on any atom is 0.220 e. The zero-order valence-corrected chi connectivity index (χ0v) is 45.3. The van der Waals surface area contributed by atoms with Crippen molar-refractivity contribution in [1.82, 2.24) is 5.32 Å². The van der Waals surface area contributed by atoms with Gasteiger partial charge in [-0.1, -0.05) is 195 Å². The summed E-state index contributed by atoms with van der Waals surface area (Å²) in [5, 5.41) is 87.0. The number of aliphatic hydroxyl groups is 8. The van der Waals surface area contributed by atoms with Crippen molar-refractivity contribution in [1.29, 1.82) is 0 Å². The van der Waals surface area contributed by atoms with Gasteiger partial charge in [0.15, 0.2) is 12.6 Å². The minimum absolute atomic E-state index is 0.237. The van der Waals surface area contributed by atoms with E-state index in [1.165, 1.54) is 44.9 Å². The summed E-state index contributed by atoms with van der Waals surface area (Å²) in [6.07, 6.45) is 44.1. The molecule has 0 radical (unpaired) electrons. The van der Waals surface area contributed by atoms with Gasteiger partial charge >= 0.3 is 0 Å². The summed E-state index contributed by atoms with van der Waals surface area (Å²) in [4.78, 5) is 13.2. The molecule has 0 saturated carbocycles. The highest BCUT2D eigenvalue weighted by atomic mass is 16.7. The van der Waals surface area contributed by atoms with E-state index in [1.807, 2.05) is 0 Å². The predicted octanol–water partition coefficient (Wildman–Crippen LogP) is 9.10. The number of carbonyl (C=O) groups excluding carboxylic acids is 1. The summed E-state index contributed by atoms with van der Waals surface area (Å²) in [5.74, 6) is -0.237. The Bertz CT molecular complexity index is 1610. The molecule has 2 saturated heterocycles. The van der Waals surface area contributed by atoms with Gasteiger partial charge in [0.2, 0.25) is 5.91 Å². The fraction of sp³-hybridized carbons (Fsp3) is 0.717. The first-order chi connectivity index (χ1) is 36.1. The van der Waals surface area contributed by atoms with Crippen molar-refractivity contribution in [2.24, 2.45) is 0 Å². The molecule has 14 heteroatoms. The standard InChI is InChI=1S/C60H101NO13/c1-3-5-7-9-11-13-15-16-17-18-19-20-21-22-23-24-25-26-27-28-29-30-31-32-34-36-38-40-42-44-52(65)61-48(49(64)43-41-39-37-35-33-14-12-10-8-6-4-2)47-71-59-57(70)55(68)58(51(46-63)73-59)74-60-56(69)54(67)53(66)50(45-62)72-60/h5,7,11,13,16-17,19-20,22-23,25-26,28-29,31-32,48-51,53-60,62-64,66-70H,3-4,6,8-10,12,14-15,18,21,24,27,30,33-47H2,1-2H3,(H,61,65)/b7-5-,13-11-,17-16-,20-19-,23-22-,26-25-,29-28-,32-31-. The molecule has 14 nitrogen and oxygen atoms in total. The van der Waals surface area contributed by atoms with Gasteiger partial charge < -0.3 is 65.1 Å². The first-order valence-electron chi connectivity index (χ1n) is 28.5. The molecular weight excluding hydrogens is 943 g/mol. The van der Waals surface area contributed by atoms with Gasteiger partial charge in [-0.2, -0.15) is 0 Å². The van der Waals surface area contributed by atoms with Crippen molar-refractivity contribution in [2.45, 2.75) is 254 Å². The normalized spacial score (nSPS) is 26.0. The number of unbranched alkanes of at least 4 members (excludes halogenated alkanes) is 14. The lowest BCUT2D eigenvalue weighted by Crippen LogP contribution is -2.65. The largest absolute Gasteiger partial charge is 0.394 e. The molecule has 0 spiro atoms. The van der Waals surface area contributed by atoms with E-state index in [4.69, 9.17) is 18.9 Å². The van der Waals surface area contributed by atoms with Crippen molar-refractivity contribution < 1.29 is 64.6 Å². The van der Waals surface area contributed by atoms with E-state index in [1.54, 1.807) is 0 Å². The van der Waals surface area contributed by atoms with Gasteiger partial charge in [0.25, 0.3) is 0 Å². The lowest BCUT2D eigenvalue weighted by molar-refractivity contribution is -0.359. The number of nitrogens with one attached hydrogen (secondary N) is 1. The average Bonchev–Trinajstić information content (AvgIpc) is 3.40. The Labute approximate surface area is 445 Å². The first-order valence-corrected chi connectivity index (χ1v) is 28.5. The van der Waals surface area contributed by atoms with Crippen LogP contribution in [-0.4, -0.2) is 140 Å². The van der Waals surface area contributed by atoms with E-state index in [2.05, 4.69) is 116 Å². The van der Waals surface area contributed by atoms with E-state index >= 15 is 0 Å². The van der Waals surface area contributed by atoms with Crippen LogP contribution < -0.4 is 5.32 Å². The Morgan fingerprint density at radius 1 is 0.500 bits per heavy atom. The second kappa shape index (κ2) is 45.0. The summed E-state index contributed by atoms with van der Waals surface area (Å²) in [5.41, 5.74) is 0. The summed E-state index contributed by atoms with van der Waals surface area (Å²) < 4.78 is 22.7. The number of hydrogen-bond donors (Lipinski definition) is 9. The van der Waals surface area contributed by atoms with Crippen LogP contribution in [0.4, 0.5) is 0 Å². The molecule has 0 aromatic heterocycles. The summed E-state index contributed by atoms with van der Waals surface area (Å²) in [6.45, 7) is 2.69. The smallest absolute Gasteiger partial charge is 0.220 e. The first kappa shape index (κ1) is 67.0. The third-order valence-electron chi connectivity index (χ3n) is 13.3.